The van der Waals surface area contributed by atoms with Crippen LogP contribution in [0.3, 0.4) is 0 Å². The first kappa shape index (κ1) is 13.8. The fraction of sp³-hybridized carbons (Fsp3) is 1.00. The summed E-state index contributed by atoms with van der Waals surface area (Å²) < 4.78 is 6.08. The van der Waals surface area contributed by atoms with Crippen molar-refractivity contribution in [2.24, 2.45) is 11.8 Å². The molecule has 0 aromatic carbocycles. The van der Waals surface area contributed by atoms with Crippen molar-refractivity contribution < 1.29 is 4.52 Å². The molecule has 0 spiro atoms. The van der Waals surface area contributed by atoms with Gasteiger partial charge in [0.05, 0.1) is 5.60 Å². The van der Waals surface area contributed by atoms with Crippen molar-refractivity contribution in [1.82, 2.24) is 0 Å². The van der Waals surface area contributed by atoms with Gasteiger partial charge in [0.25, 0.3) is 0 Å². The molecule has 17 heavy (non-hydrogen) atoms. The second-order valence-corrected chi connectivity index (χ2v) is 6.33. The molecule has 1 nitrogen and oxygen atoms in total. The molecule has 0 aromatic heterocycles. The third-order valence-electron chi connectivity index (χ3n) is 5.36. The third-order valence-corrected chi connectivity index (χ3v) is 5.80. The summed E-state index contributed by atoms with van der Waals surface area (Å²) in [7, 11) is 2.61. The maximum Gasteiger partial charge on any atom is 0.0771 e. The zero-order valence-corrected chi connectivity index (χ0v) is 12.6. The van der Waals surface area contributed by atoms with Crippen LogP contribution in [0.4, 0.5) is 0 Å². The predicted molar refractivity (Wildman–Crippen MR) is 77.0 cm³/mol. The first-order chi connectivity index (χ1) is 8.33. The Morgan fingerprint density at radius 2 is 1.29 bits per heavy atom. The van der Waals surface area contributed by atoms with E-state index in [1.807, 2.05) is 0 Å². The van der Waals surface area contributed by atoms with E-state index in [4.69, 9.17) is 4.52 Å². The van der Waals surface area contributed by atoms with Crippen molar-refractivity contribution in [1.29, 1.82) is 0 Å². The van der Waals surface area contributed by atoms with Gasteiger partial charge in [-0.25, -0.2) is 0 Å². The lowest BCUT2D eigenvalue weighted by molar-refractivity contribution is -0.0603. The Bertz CT molecular complexity index is 193. The summed E-state index contributed by atoms with van der Waals surface area (Å²) in [5, 5.41) is 0. The van der Waals surface area contributed by atoms with Crippen molar-refractivity contribution in [3.8, 4) is 0 Å². The Morgan fingerprint density at radius 3 is 1.59 bits per heavy atom. The molecule has 100 valence electrons. The fourth-order valence-electron chi connectivity index (χ4n) is 4.37. The molecule has 0 heterocycles. The standard InChI is InChI=1S/C15H29OP/c1-2-15(16-17,13-9-5-3-6-10-13)14-11-7-4-8-12-14/h13-14H,2-12,17H2,1H3. The topological polar surface area (TPSA) is 9.23 Å². The van der Waals surface area contributed by atoms with Gasteiger partial charge in [0, 0.05) is 9.47 Å². The van der Waals surface area contributed by atoms with Gasteiger partial charge in [-0.2, -0.15) is 0 Å². The van der Waals surface area contributed by atoms with E-state index in [1.54, 1.807) is 0 Å². The van der Waals surface area contributed by atoms with Crippen LogP contribution in [0.2, 0.25) is 0 Å². The molecule has 2 heteroatoms. The van der Waals surface area contributed by atoms with Gasteiger partial charge >= 0.3 is 0 Å². The molecular formula is C15H29OP. The normalized spacial score (nSPS) is 25.1. The average Bonchev–Trinajstić information content (AvgIpc) is 2.43. The zero-order valence-electron chi connectivity index (χ0n) is 11.4. The van der Waals surface area contributed by atoms with Crippen LogP contribution in [0.5, 0.6) is 0 Å². The summed E-state index contributed by atoms with van der Waals surface area (Å²) in [4.78, 5) is 0. The van der Waals surface area contributed by atoms with E-state index in [-0.39, 0.29) is 5.60 Å². The maximum atomic E-state index is 6.08. The molecule has 0 aromatic rings. The molecular weight excluding hydrogens is 227 g/mol. The Labute approximate surface area is 109 Å². The van der Waals surface area contributed by atoms with E-state index in [0.717, 1.165) is 11.8 Å². The van der Waals surface area contributed by atoms with Crippen LogP contribution in [0.1, 0.15) is 77.6 Å². The third kappa shape index (κ3) is 2.87. The van der Waals surface area contributed by atoms with E-state index >= 15 is 0 Å². The summed E-state index contributed by atoms with van der Waals surface area (Å²) in [6.07, 6.45) is 15.4. The first-order valence-electron chi connectivity index (χ1n) is 7.71. The summed E-state index contributed by atoms with van der Waals surface area (Å²) >= 11 is 0. The molecule has 0 aliphatic heterocycles. The van der Waals surface area contributed by atoms with E-state index in [9.17, 15) is 0 Å². The summed E-state index contributed by atoms with van der Waals surface area (Å²) in [5.41, 5.74) is 0.186. The van der Waals surface area contributed by atoms with Crippen LogP contribution < -0.4 is 0 Å². The van der Waals surface area contributed by atoms with Crippen LogP contribution in [-0.4, -0.2) is 5.60 Å². The molecule has 2 fully saturated rings. The van der Waals surface area contributed by atoms with Gasteiger partial charge < -0.3 is 4.52 Å². The van der Waals surface area contributed by atoms with Crippen LogP contribution in [0, 0.1) is 11.8 Å². The molecule has 0 N–H and O–H groups in total. The maximum absolute atomic E-state index is 6.08. The lowest BCUT2D eigenvalue weighted by Crippen LogP contribution is -2.46. The molecule has 2 aliphatic rings. The summed E-state index contributed by atoms with van der Waals surface area (Å²) in [6, 6.07) is 0. The second-order valence-electron chi connectivity index (χ2n) is 6.10. The Kier molecular flexibility index (Phi) is 5.30. The smallest absolute Gasteiger partial charge is 0.0771 e. The SMILES string of the molecule is CCC(OP)(C1CCCCC1)C1CCCCC1. The van der Waals surface area contributed by atoms with Gasteiger partial charge in [0.2, 0.25) is 0 Å². The Balaban J connectivity index is 2.10. The molecule has 1 atom stereocenters. The highest BCUT2D eigenvalue weighted by atomic mass is 31.0. The number of hydrogen-bond donors (Lipinski definition) is 0. The summed E-state index contributed by atoms with van der Waals surface area (Å²) in [6.45, 7) is 2.34. The largest absolute Gasteiger partial charge is 0.359 e. The van der Waals surface area contributed by atoms with E-state index in [0.29, 0.717) is 0 Å². The minimum Gasteiger partial charge on any atom is -0.359 e. The highest BCUT2D eigenvalue weighted by Crippen LogP contribution is 2.47. The van der Waals surface area contributed by atoms with Gasteiger partial charge in [0.15, 0.2) is 0 Å². The van der Waals surface area contributed by atoms with Crippen molar-refractivity contribution in [2.75, 3.05) is 0 Å². The molecule has 0 amide bonds. The highest BCUT2D eigenvalue weighted by Gasteiger charge is 2.44. The lowest BCUT2D eigenvalue weighted by atomic mass is 9.65. The van der Waals surface area contributed by atoms with Gasteiger partial charge in [0.1, 0.15) is 0 Å². The van der Waals surface area contributed by atoms with Crippen molar-refractivity contribution >= 4 is 9.47 Å². The molecule has 0 radical (unpaired) electrons. The quantitative estimate of drug-likeness (QED) is 0.636. The predicted octanol–water partition coefficient (Wildman–Crippen LogP) is 5.10. The van der Waals surface area contributed by atoms with Crippen LogP contribution in [0.15, 0.2) is 0 Å². The molecule has 2 rings (SSSR count). The minimum atomic E-state index is 0.186. The molecule has 1 unspecified atom stereocenters. The first-order valence-corrected chi connectivity index (χ1v) is 8.18. The monoisotopic (exact) mass is 256 g/mol. The zero-order chi connectivity index (χ0) is 12.1. The molecule has 2 saturated carbocycles. The van der Waals surface area contributed by atoms with E-state index in [2.05, 4.69) is 16.4 Å². The fourth-order valence-corrected chi connectivity index (χ4v) is 4.92. The van der Waals surface area contributed by atoms with Gasteiger partial charge in [-0.1, -0.05) is 45.4 Å². The van der Waals surface area contributed by atoms with Crippen molar-refractivity contribution in [3.63, 3.8) is 0 Å². The molecule has 0 bridgehead atoms. The molecule has 2 aliphatic carbocycles. The second kappa shape index (κ2) is 6.53. The highest BCUT2D eigenvalue weighted by molar-refractivity contribution is 7.09. The lowest BCUT2D eigenvalue weighted by Gasteiger charge is -2.47. The van der Waals surface area contributed by atoms with Crippen LogP contribution in [0.25, 0.3) is 0 Å². The number of rotatable bonds is 4. The van der Waals surface area contributed by atoms with Crippen molar-refractivity contribution in [2.45, 2.75) is 83.2 Å². The Hall–Kier alpha value is 0.390. The van der Waals surface area contributed by atoms with E-state index in [1.165, 1.54) is 70.6 Å². The minimum absolute atomic E-state index is 0.186. The molecule has 0 saturated heterocycles. The summed E-state index contributed by atoms with van der Waals surface area (Å²) in [5.74, 6) is 1.64. The van der Waals surface area contributed by atoms with Crippen molar-refractivity contribution in [3.05, 3.63) is 0 Å². The van der Waals surface area contributed by atoms with Crippen LogP contribution >= 0.6 is 9.47 Å². The van der Waals surface area contributed by atoms with Gasteiger partial charge in [-0.05, 0) is 43.9 Å². The van der Waals surface area contributed by atoms with Gasteiger partial charge in [-0.3, -0.25) is 0 Å². The van der Waals surface area contributed by atoms with Gasteiger partial charge in [-0.15, -0.1) is 0 Å². The average molecular weight is 256 g/mol. The Morgan fingerprint density at radius 1 is 0.882 bits per heavy atom. The van der Waals surface area contributed by atoms with E-state index < -0.39 is 0 Å². The number of hydrogen-bond acceptors (Lipinski definition) is 1. The van der Waals surface area contributed by atoms with Crippen LogP contribution in [-0.2, 0) is 4.52 Å².